The van der Waals surface area contributed by atoms with Gasteiger partial charge in [-0.3, -0.25) is 4.79 Å². The monoisotopic (exact) mass is 195 g/mol. The highest BCUT2D eigenvalue weighted by atomic mass is 19.4. The van der Waals surface area contributed by atoms with Gasteiger partial charge in [-0.05, 0) is 0 Å². The predicted molar refractivity (Wildman–Crippen MR) is 35.9 cm³/mol. The maximum atomic E-state index is 11.9. The Balaban J connectivity index is 1.89. The SMILES string of the molecule is O=C(N1CC2(CCO2)C1)C(F)(F)F. The smallest absolute Gasteiger partial charge is 0.371 e. The fourth-order valence-corrected chi connectivity index (χ4v) is 1.61. The molecule has 0 N–H and O–H groups in total. The van der Waals surface area contributed by atoms with Crippen molar-refractivity contribution in [3.8, 4) is 0 Å². The topological polar surface area (TPSA) is 29.5 Å². The van der Waals surface area contributed by atoms with Crippen molar-refractivity contribution in [1.29, 1.82) is 0 Å². The second-order valence-corrected chi connectivity index (χ2v) is 3.44. The maximum absolute atomic E-state index is 11.9. The van der Waals surface area contributed by atoms with Gasteiger partial charge in [0.25, 0.3) is 0 Å². The zero-order valence-corrected chi connectivity index (χ0v) is 6.73. The molecule has 0 saturated carbocycles. The fraction of sp³-hybridized carbons (Fsp3) is 0.857. The molecule has 2 aliphatic rings. The summed E-state index contributed by atoms with van der Waals surface area (Å²) in [6.45, 7) is 0.769. The Hall–Kier alpha value is -0.780. The van der Waals surface area contributed by atoms with E-state index in [2.05, 4.69) is 0 Å². The Morgan fingerprint density at radius 2 is 1.92 bits per heavy atom. The number of ether oxygens (including phenoxy) is 1. The van der Waals surface area contributed by atoms with Crippen molar-refractivity contribution < 1.29 is 22.7 Å². The van der Waals surface area contributed by atoms with Crippen LogP contribution in [0.1, 0.15) is 6.42 Å². The van der Waals surface area contributed by atoms with Gasteiger partial charge in [-0.25, -0.2) is 0 Å². The molecule has 0 aromatic carbocycles. The molecule has 3 nitrogen and oxygen atoms in total. The van der Waals surface area contributed by atoms with Gasteiger partial charge in [0, 0.05) is 6.42 Å². The van der Waals surface area contributed by atoms with Crippen molar-refractivity contribution >= 4 is 5.91 Å². The molecule has 0 radical (unpaired) electrons. The molecule has 2 fully saturated rings. The average Bonchev–Trinajstić information content (AvgIpc) is 1.78. The molecular formula is C7H8F3NO2. The molecule has 2 aliphatic heterocycles. The van der Waals surface area contributed by atoms with Gasteiger partial charge in [0.15, 0.2) is 0 Å². The lowest BCUT2D eigenvalue weighted by Gasteiger charge is -2.54. The van der Waals surface area contributed by atoms with E-state index in [9.17, 15) is 18.0 Å². The summed E-state index contributed by atoms with van der Waals surface area (Å²) in [4.78, 5) is 11.4. The summed E-state index contributed by atoms with van der Waals surface area (Å²) in [6, 6.07) is 0. The van der Waals surface area contributed by atoms with Crippen LogP contribution in [0.3, 0.4) is 0 Å². The Morgan fingerprint density at radius 1 is 1.38 bits per heavy atom. The molecule has 0 unspecified atom stereocenters. The van der Waals surface area contributed by atoms with Crippen LogP contribution >= 0.6 is 0 Å². The molecule has 2 rings (SSSR count). The minimum Gasteiger partial charge on any atom is -0.371 e. The third-order valence-corrected chi connectivity index (χ3v) is 2.45. The second-order valence-electron chi connectivity index (χ2n) is 3.44. The van der Waals surface area contributed by atoms with Crippen LogP contribution in [-0.2, 0) is 9.53 Å². The van der Waals surface area contributed by atoms with Crippen LogP contribution < -0.4 is 0 Å². The molecule has 74 valence electrons. The Morgan fingerprint density at radius 3 is 2.23 bits per heavy atom. The summed E-state index contributed by atoms with van der Waals surface area (Å²) in [7, 11) is 0. The minimum absolute atomic E-state index is 0.0886. The Labute approximate surface area is 72.4 Å². The van der Waals surface area contributed by atoms with E-state index in [-0.39, 0.29) is 13.1 Å². The first-order valence-corrected chi connectivity index (χ1v) is 3.93. The minimum atomic E-state index is -4.74. The highest BCUT2D eigenvalue weighted by molar-refractivity contribution is 5.83. The lowest BCUT2D eigenvalue weighted by atomic mass is 9.86. The number of carbonyl (C=O) groups excluding carboxylic acids is 1. The Bertz CT molecular complexity index is 239. The number of halogens is 3. The molecule has 13 heavy (non-hydrogen) atoms. The molecule has 0 atom stereocenters. The first-order chi connectivity index (χ1) is 5.93. The quantitative estimate of drug-likeness (QED) is 0.565. The molecule has 2 saturated heterocycles. The molecule has 1 spiro atoms. The van der Waals surface area contributed by atoms with Gasteiger partial charge < -0.3 is 9.64 Å². The number of hydrogen-bond acceptors (Lipinski definition) is 2. The second kappa shape index (κ2) is 2.37. The molecule has 0 bridgehead atoms. The van der Waals surface area contributed by atoms with E-state index in [0.29, 0.717) is 6.61 Å². The number of carbonyl (C=O) groups is 1. The fourth-order valence-electron chi connectivity index (χ4n) is 1.61. The standard InChI is InChI=1S/C7H8F3NO2/c8-7(9,10)5(12)11-3-6(4-11)1-2-13-6/h1-4H2. The molecule has 6 heteroatoms. The normalized spacial score (nSPS) is 25.3. The molecule has 1 amide bonds. The van der Waals surface area contributed by atoms with Gasteiger partial charge in [0.2, 0.25) is 0 Å². The van der Waals surface area contributed by atoms with Gasteiger partial charge in [-0.15, -0.1) is 0 Å². The molecular weight excluding hydrogens is 187 g/mol. The van der Waals surface area contributed by atoms with Crippen molar-refractivity contribution in [3.05, 3.63) is 0 Å². The molecule has 0 aromatic heterocycles. The van der Waals surface area contributed by atoms with Gasteiger partial charge in [-0.1, -0.05) is 0 Å². The molecule has 2 heterocycles. The summed E-state index contributed by atoms with van der Waals surface area (Å²) in [5.41, 5.74) is -0.430. The highest BCUT2D eigenvalue weighted by Crippen LogP contribution is 2.37. The number of likely N-dealkylation sites (tertiary alicyclic amines) is 1. The number of hydrogen-bond donors (Lipinski definition) is 0. The largest absolute Gasteiger partial charge is 0.471 e. The van der Waals surface area contributed by atoms with E-state index < -0.39 is 17.7 Å². The van der Waals surface area contributed by atoms with E-state index in [1.165, 1.54) is 0 Å². The van der Waals surface area contributed by atoms with Crippen LogP contribution in [0.5, 0.6) is 0 Å². The van der Waals surface area contributed by atoms with E-state index in [4.69, 9.17) is 4.74 Å². The average molecular weight is 195 g/mol. The third kappa shape index (κ3) is 1.29. The molecule has 0 aromatic rings. The van der Waals surface area contributed by atoms with Crippen LogP contribution in [0.15, 0.2) is 0 Å². The van der Waals surface area contributed by atoms with Crippen LogP contribution in [0.25, 0.3) is 0 Å². The lowest BCUT2D eigenvalue weighted by molar-refractivity contribution is -0.239. The number of alkyl halides is 3. The first-order valence-electron chi connectivity index (χ1n) is 3.93. The van der Waals surface area contributed by atoms with E-state index in [1.54, 1.807) is 0 Å². The van der Waals surface area contributed by atoms with E-state index in [0.717, 1.165) is 11.3 Å². The van der Waals surface area contributed by atoms with Crippen LogP contribution in [-0.4, -0.2) is 42.3 Å². The van der Waals surface area contributed by atoms with Crippen LogP contribution in [0, 0.1) is 0 Å². The van der Waals surface area contributed by atoms with Crippen molar-refractivity contribution in [2.45, 2.75) is 18.2 Å². The number of rotatable bonds is 0. The van der Waals surface area contributed by atoms with Crippen LogP contribution in [0.2, 0.25) is 0 Å². The lowest BCUT2D eigenvalue weighted by Crippen LogP contribution is -2.70. The summed E-state index contributed by atoms with van der Waals surface area (Å²) >= 11 is 0. The zero-order chi connectivity index (χ0) is 9.69. The maximum Gasteiger partial charge on any atom is 0.471 e. The van der Waals surface area contributed by atoms with E-state index in [1.807, 2.05) is 0 Å². The van der Waals surface area contributed by atoms with Crippen LogP contribution in [0.4, 0.5) is 13.2 Å². The number of amides is 1. The molecule has 0 aliphatic carbocycles. The summed E-state index contributed by atoms with van der Waals surface area (Å²) in [5, 5.41) is 0. The summed E-state index contributed by atoms with van der Waals surface area (Å²) in [6.07, 6.45) is -3.99. The predicted octanol–water partition coefficient (Wildman–Crippen LogP) is 0.550. The van der Waals surface area contributed by atoms with E-state index >= 15 is 0 Å². The van der Waals surface area contributed by atoms with Crippen molar-refractivity contribution in [3.63, 3.8) is 0 Å². The van der Waals surface area contributed by atoms with Crippen molar-refractivity contribution in [2.24, 2.45) is 0 Å². The summed E-state index contributed by atoms with van der Waals surface area (Å²) < 4.78 is 40.7. The third-order valence-electron chi connectivity index (χ3n) is 2.45. The summed E-state index contributed by atoms with van der Waals surface area (Å²) in [5.74, 6) is -1.76. The van der Waals surface area contributed by atoms with Gasteiger partial charge in [0.1, 0.15) is 5.60 Å². The van der Waals surface area contributed by atoms with Crippen molar-refractivity contribution in [1.82, 2.24) is 4.90 Å². The van der Waals surface area contributed by atoms with Crippen molar-refractivity contribution in [2.75, 3.05) is 19.7 Å². The Kier molecular flexibility index (Phi) is 1.61. The first kappa shape index (κ1) is 8.80. The van der Waals surface area contributed by atoms with Gasteiger partial charge >= 0.3 is 12.1 Å². The zero-order valence-electron chi connectivity index (χ0n) is 6.73. The highest BCUT2D eigenvalue weighted by Gasteiger charge is 2.55. The van der Waals surface area contributed by atoms with Gasteiger partial charge in [-0.2, -0.15) is 13.2 Å². The number of nitrogens with zero attached hydrogens (tertiary/aromatic N) is 1. The van der Waals surface area contributed by atoms with Gasteiger partial charge in [0.05, 0.1) is 19.7 Å².